The van der Waals surface area contributed by atoms with Crippen LogP contribution in [0.1, 0.15) is 393 Å². The van der Waals surface area contributed by atoms with Crippen LogP contribution < -0.4 is 0 Å². The van der Waals surface area contributed by atoms with E-state index < -0.39 is 6.10 Å². The molecule has 0 fully saturated rings. The molecule has 0 amide bonds. The van der Waals surface area contributed by atoms with E-state index in [4.69, 9.17) is 14.2 Å². The number of ether oxygens (including phenoxy) is 3. The third-order valence-electron chi connectivity index (χ3n) is 15.8. The molecule has 6 nitrogen and oxygen atoms in total. The van der Waals surface area contributed by atoms with Gasteiger partial charge in [-0.2, -0.15) is 0 Å². The second-order valence-electron chi connectivity index (χ2n) is 23.5. The lowest BCUT2D eigenvalue weighted by Gasteiger charge is -2.18. The molecule has 0 aromatic carbocycles. The molecule has 0 heterocycles. The molecule has 0 saturated heterocycles. The molecule has 0 radical (unpaired) electrons. The van der Waals surface area contributed by atoms with E-state index in [0.29, 0.717) is 19.3 Å². The predicted molar refractivity (Wildman–Crippen MR) is 326 cm³/mol. The van der Waals surface area contributed by atoms with Crippen molar-refractivity contribution in [3.63, 3.8) is 0 Å². The molecule has 0 saturated carbocycles. The van der Waals surface area contributed by atoms with Crippen LogP contribution >= 0.6 is 0 Å². The Hall–Kier alpha value is -1.85. The number of hydrogen-bond donors (Lipinski definition) is 0. The van der Waals surface area contributed by atoms with Gasteiger partial charge in [0.1, 0.15) is 13.2 Å². The minimum Gasteiger partial charge on any atom is -0.462 e. The van der Waals surface area contributed by atoms with Crippen LogP contribution in [0.15, 0.2) is 12.2 Å². The third-order valence-corrected chi connectivity index (χ3v) is 15.8. The van der Waals surface area contributed by atoms with Gasteiger partial charge in [-0.1, -0.05) is 341 Å². The summed E-state index contributed by atoms with van der Waals surface area (Å²) in [5.41, 5.74) is 0. The van der Waals surface area contributed by atoms with E-state index in [1.54, 1.807) is 0 Å². The summed E-state index contributed by atoms with van der Waals surface area (Å²) in [6, 6.07) is 0. The Labute approximate surface area is 469 Å². The van der Waals surface area contributed by atoms with Gasteiger partial charge in [0.15, 0.2) is 6.10 Å². The van der Waals surface area contributed by atoms with E-state index in [1.165, 1.54) is 289 Å². The number of allylic oxidation sites excluding steroid dienone is 2. The quantitative estimate of drug-likeness (QED) is 0.0261. The molecular weight excluding hydrogens is 925 g/mol. The Morgan fingerprint density at radius 3 is 0.667 bits per heavy atom. The third kappa shape index (κ3) is 62.9. The Balaban J connectivity index is 3.97. The van der Waals surface area contributed by atoms with Crippen LogP contribution in [-0.2, 0) is 28.6 Å². The van der Waals surface area contributed by atoms with Crippen molar-refractivity contribution in [2.24, 2.45) is 0 Å². The summed E-state index contributed by atoms with van der Waals surface area (Å²) in [6.07, 6.45) is 77.0. The standard InChI is InChI=1S/C69H132O6/c1-4-7-10-13-16-19-21-23-25-26-27-28-29-30-31-32-33-34-35-36-37-38-39-40-41-42-44-45-47-50-53-56-59-62-68(71)74-65-66(64-73-67(70)61-58-55-52-49-18-15-12-9-6-3)75-69(72)63-60-57-54-51-48-46-43-24-22-20-17-14-11-8-5-2/h24,43,66H,4-23,25-42,44-65H2,1-3H3/b43-24-. The number of rotatable bonds is 64. The van der Waals surface area contributed by atoms with Gasteiger partial charge in [-0.25, -0.2) is 0 Å². The van der Waals surface area contributed by atoms with Crippen LogP contribution in [0, 0.1) is 0 Å². The zero-order valence-electron chi connectivity index (χ0n) is 51.1. The van der Waals surface area contributed by atoms with E-state index in [-0.39, 0.29) is 31.1 Å². The summed E-state index contributed by atoms with van der Waals surface area (Å²) in [5.74, 6) is -0.853. The molecule has 1 unspecified atom stereocenters. The molecule has 6 heteroatoms. The van der Waals surface area contributed by atoms with Gasteiger partial charge in [0.05, 0.1) is 0 Å². The van der Waals surface area contributed by atoms with Crippen molar-refractivity contribution in [3.05, 3.63) is 12.2 Å². The molecule has 0 bridgehead atoms. The lowest BCUT2D eigenvalue weighted by atomic mass is 10.0. The summed E-state index contributed by atoms with van der Waals surface area (Å²) >= 11 is 0. The van der Waals surface area contributed by atoms with E-state index in [2.05, 4.69) is 32.9 Å². The maximum Gasteiger partial charge on any atom is 0.306 e. The highest BCUT2D eigenvalue weighted by Gasteiger charge is 2.19. The molecule has 0 aromatic heterocycles. The highest BCUT2D eigenvalue weighted by Crippen LogP contribution is 2.19. The molecule has 0 rings (SSSR count). The Bertz CT molecular complexity index is 1170. The SMILES string of the molecule is CCCCCCCC/C=C\CCCCCCCC(=O)OC(COC(=O)CCCCCCCCCCC)COC(=O)CCCCCCCCCCCCCCCCCCCCCCCCCCCCCCCCCCC. The van der Waals surface area contributed by atoms with Gasteiger partial charge >= 0.3 is 17.9 Å². The summed E-state index contributed by atoms with van der Waals surface area (Å²) in [4.78, 5) is 38.1. The molecule has 0 aliphatic carbocycles. The van der Waals surface area contributed by atoms with Crippen molar-refractivity contribution >= 4 is 17.9 Å². The van der Waals surface area contributed by atoms with Gasteiger partial charge in [0.2, 0.25) is 0 Å². The van der Waals surface area contributed by atoms with E-state index >= 15 is 0 Å². The smallest absolute Gasteiger partial charge is 0.306 e. The fourth-order valence-corrected chi connectivity index (χ4v) is 10.6. The lowest BCUT2D eigenvalue weighted by molar-refractivity contribution is -0.167. The van der Waals surface area contributed by atoms with Crippen LogP contribution in [0.3, 0.4) is 0 Å². The van der Waals surface area contributed by atoms with E-state index in [9.17, 15) is 14.4 Å². The molecular formula is C69H132O6. The average molecular weight is 1060 g/mol. The topological polar surface area (TPSA) is 78.9 Å². The number of unbranched alkanes of at least 4 members (excludes halogenated alkanes) is 51. The maximum atomic E-state index is 12.8. The Morgan fingerprint density at radius 1 is 0.253 bits per heavy atom. The van der Waals surface area contributed by atoms with Crippen molar-refractivity contribution in [2.75, 3.05) is 13.2 Å². The molecule has 0 aliphatic heterocycles. The maximum absolute atomic E-state index is 12.8. The number of carbonyl (C=O) groups excluding carboxylic acids is 3. The zero-order chi connectivity index (χ0) is 54.3. The largest absolute Gasteiger partial charge is 0.462 e. The second kappa shape index (κ2) is 64.7. The molecule has 75 heavy (non-hydrogen) atoms. The highest BCUT2D eigenvalue weighted by atomic mass is 16.6. The van der Waals surface area contributed by atoms with Crippen molar-refractivity contribution in [3.8, 4) is 0 Å². The average Bonchev–Trinajstić information content (AvgIpc) is 3.41. The van der Waals surface area contributed by atoms with Crippen molar-refractivity contribution < 1.29 is 28.6 Å². The Kier molecular flexibility index (Phi) is 63.1. The molecule has 0 aromatic rings. The first-order valence-electron chi connectivity index (χ1n) is 34.2. The van der Waals surface area contributed by atoms with Crippen molar-refractivity contribution in [2.45, 2.75) is 399 Å². The van der Waals surface area contributed by atoms with Gasteiger partial charge in [-0.3, -0.25) is 14.4 Å². The highest BCUT2D eigenvalue weighted by molar-refractivity contribution is 5.71. The summed E-state index contributed by atoms with van der Waals surface area (Å²) in [7, 11) is 0. The van der Waals surface area contributed by atoms with Crippen LogP contribution in [0.25, 0.3) is 0 Å². The summed E-state index contributed by atoms with van der Waals surface area (Å²) in [5, 5.41) is 0. The summed E-state index contributed by atoms with van der Waals surface area (Å²) < 4.78 is 16.9. The number of esters is 3. The predicted octanol–water partition coefficient (Wildman–Crippen LogP) is 23.2. The molecule has 1 atom stereocenters. The van der Waals surface area contributed by atoms with Crippen LogP contribution in [0.2, 0.25) is 0 Å². The Morgan fingerprint density at radius 2 is 0.440 bits per heavy atom. The molecule has 444 valence electrons. The first kappa shape index (κ1) is 73.2. The van der Waals surface area contributed by atoms with E-state index in [0.717, 1.165) is 64.2 Å². The number of carbonyl (C=O) groups is 3. The fourth-order valence-electron chi connectivity index (χ4n) is 10.6. The van der Waals surface area contributed by atoms with Gasteiger partial charge in [0, 0.05) is 19.3 Å². The second-order valence-corrected chi connectivity index (χ2v) is 23.5. The van der Waals surface area contributed by atoms with Crippen molar-refractivity contribution in [1.82, 2.24) is 0 Å². The summed E-state index contributed by atoms with van der Waals surface area (Å²) in [6.45, 7) is 6.68. The van der Waals surface area contributed by atoms with Crippen LogP contribution in [0.4, 0.5) is 0 Å². The van der Waals surface area contributed by atoms with Gasteiger partial charge in [-0.15, -0.1) is 0 Å². The van der Waals surface area contributed by atoms with E-state index in [1.807, 2.05) is 0 Å². The van der Waals surface area contributed by atoms with Crippen LogP contribution in [0.5, 0.6) is 0 Å². The normalized spacial score (nSPS) is 12.0. The minimum absolute atomic E-state index is 0.0675. The lowest BCUT2D eigenvalue weighted by Crippen LogP contribution is -2.30. The van der Waals surface area contributed by atoms with Crippen molar-refractivity contribution in [1.29, 1.82) is 0 Å². The molecule has 0 N–H and O–H groups in total. The first-order chi connectivity index (χ1) is 37.0. The van der Waals surface area contributed by atoms with Gasteiger partial charge in [-0.05, 0) is 44.9 Å². The van der Waals surface area contributed by atoms with Gasteiger partial charge < -0.3 is 14.2 Å². The molecule has 0 spiro atoms. The minimum atomic E-state index is -0.769. The zero-order valence-corrected chi connectivity index (χ0v) is 51.1. The fraction of sp³-hybridized carbons (Fsp3) is 0.928. The number of hydrogen-bond acceptors (Lipinski definition) is 6. The first-order valence-corrected chi connectivity index (χ1v) is 34.2. The monoisotopic (exact) mass is 1060 g/mol. The van der Waals surface area contributed by atoms with Gasteiger partial charge in [0.25, 0.3) is 0 Å². The molecule has 0 aliphatic rings. The van der Waals surface area contributed by atoms with Crippen LogP contribution in [-0.4, -0.2) is 37.2 Å².